The zero-order valence-electron chi connectivity index (χ0n) is 10.9. The van der Waals surface area contributed by atoms with Crippen molar-refractivity contribution in [2.75, 3.05) is 11.9 Å². The van der Waals surface area contributed by atoms with Crippen LogP contribution in [0.2, 0.25) is 0 Å². The van der Waals surface area contributed by atoms with Gasteiger partial charge in [0.2, 0.25) is 5.91 Å². The van der Waals surface area contributed by atoms with Gasteiger partial charge in [0.1, 0.15) is 0 Å². The third-order valence-electron chi connectivity index (χ3n) is 2.38. The van der Waals surface area contributed by atoms with Crippen LogP contribution >= 0.6 is 0 Å². The van der Waals surface area contributed by atoms with E-state index in [1.807, 2.05) is 32.0 Å². The van der Waals surface area contributed by atoms with E-state index >= 15 is 0 Å². The molecule has 94 valence electrons. The Balaban J connectivity index is 2.56. The molecule has 3 heteroatoms. The Morgan fingerprint density at radius 1 is 1.35 bits per heavy atom. The van der Waals surface area contributed by atoms with Crippen molar-refractivity contribution in [3.63, 3.8) is 0 Å². The van der Waals surface area contributed by atoms with E-state index in [0.717, 1.165) is 18.8 Å². The monoisotopic (exact) mass is 234 g/mol. The molecule has 0 unspecified atom stereocenters. The molecule has 0 heterocycles. The summed E-state index contributed by atoms with van der Waals surface area (Å²) in [6.45, 7) is 7.95. The van der Waals surface area contributed by atoms with Crippen molar-refractivity contribution < 1.29 is 4.79 Å². The molecule has 1 aromatic carbocycles. The predicted molar refractivity (Wildman–Crippen MR) is 71.9 cm³/mol. The molecule has 0 bridgehead atoms. The van der Waals surface area contributed by atoms with E-state index in [0.29, 0.717) is 12.3 Å². The molecule has 0 radical (unpaired) electrons. The van der Waals surface area contributed by atoms with Crippen LogP contribution < -0.4 is 10.6 Å². The smallest absolute Gasteiger partial charge is 0.224 e. The fourth-order valence-corrected chi connectivity index (χ4v) is 1.61. The Bertz CT molecular complexity index is 361. The first-order valence-electron chi connectivity index (χ1n) is 6.21. The van der Waals surface area contributed by atoms with Gasteiger partial charge in [-0.2, -0.15) is 0 Å². The Labute approximate surface area is 104 Å². The first-order chi connectivity index (χ1) is 8.11. The Hall–Kier alpha value is -1.35. The molecule has 1 rings (SSSR count). The summed E-state index contributed by atoms with van der Waals surface area (Å²) in [5.74, 6) is 0.473. The highest BCUT2D eigenvalue weighted by Crippen LogP contribution is 2.12. The van der Waals surface area contributed by atoms with Crippen molar-refractivity contribution in [3.05, 3.63) is 29.8 Å². The van der Waals surface area contributed by atoms with Gasteiger partial charge in [-0.15, -0.1) is 0 Å². The van der Waals surface area contributed by atoms with Gasteiger partial charge in [0.15, 0.2) is 0 Å². The molecule has 0 saturated heterocycles. The molecule has 2 N–H and O–H groups in total. The van der Waals surface area contributed by atoms with Gasteiger partial charge >= 0.3 is 0 Å². The van der Waals surface area contributed by atoms with Crippen LogP contribution in [0.4, 0.5) is 5.69 Å². The fourth-order valence-electron chi connectivity index (χ4n) is 1.61. The van der Waals surface area contributed by atoms with Crippen molar-refractivity contribution in [3.8, 4) is 0 Å². The second-order valence-electron chi connectivity index (χ2n) is 4.63. The third-order valence-corrected chi connectivity index (χ3v) is 2.38. The van der Waals surface area contributed by atoms with E-state index in [9.17, 15) is 4.79 Å². The van der Waals surface area contributed by atoms with Crippen LogP contribution in [0.15, 0.2) is 24.3 Å². The standard InChI is InChI=1S/C14H22N2O/c1-4-15-10-12-6-5-7-13(9-12)16-14(17)8-11(2)3/h5-7,9,11,15H,4,8,10H2,1-3H3,(H,16,17). The van der Waals surface area contributed by atoms with Crippen molar-refractivity contribution >= 4 is 11.6 Å². The van der Waals surface area contributed by atoms with Gasteiger partial charge in [0, 0.05) is 18.7 Å². The number of rotatable bonds is 6. The van der Waals surface area contributed by atoms with E-state index < -0.39 is 0 Å². The zero-order chi connectivity index (χ0) is 12.7. The lowest BCUT2D eigenvalue weighted by molar-refractivity contribution is -0.116. The summed E-state index contributed by atoms with van der Waals surface area (Å²) >= 11 is 0. The van der Waals surface area contributed by atoms with E-state index in [2.05, 4.69) is 23.6 Å². The second-order valence-corrected chi connectivity index (χ2v) is 4.63. The normalized spacial score (nSPS) is 10.6. The van der Waals surface area contributed by atoms with Crippen LogP contribution in [-0.2, 0) is 11.3 Å². The quantitative estimate of drug-likeness (QED) is 0.794. The van der Waals surface area contributed by atoms with Crippen molar-refractivity contribution in [1.82, 2.24) is 5.32 Å². The zero-order valence-corrected chi connectivity index (χ0v) is 10.9. The van der Waals surface area contributed by atoms with E-state index in [-0.39, 0.29) is 5.91 Å². The third kappa shape index (κ3) is 5.50. The maximum Gasteiger partial charge on any atom is 0.224 e. The van der Waals surface area contributed by atoms with Gasteiger partial charge in [-0.05, 0) is 30.2 Å². The molecule has 0 aromatic heterocycles. The Morgan fingerprint density at radius 3 is 2.76 bits per heavy atom. The molecule has 1 aromatic rings. The van der Waals surface area contributed by atoms with Crippen molar-refractivity contribution in [1.29, 1.82) is 0 Å². The molecule has 0 saturated carbocycles. The van der Waals surface area contributed by atoms with Gasteiger partial charge < -0.3 is 10.6 Å². The molecule has 0 atom stereocenters. The second kappa shape index (κ2) is 7.07. The maximum atomic E-state index is 11.6. The molecule has 0 aliphatic carbocycles. The summed E-state index contributed by atoms with van der Waals surface area (Å²) in [5, 5.41) is 6.19. The molecule has 17 heavy (non-hydrogen) atoms. The van der Waals surface area contributed by atoms with Crippen molar-refractivity contribution in [2.24, 2.45) is 5.92 Å². The summed E-state index contributed by atoms with van der Waals surface area (Å²) in [6, 6.07) is 7.97. The number of hydrogen-bond donors (Lipinski definition) is 2. The van der Waals surface area contributed by atoms with Crippen molar-refractivity contribution in [2.45, 2.75) is 33.7 Å². The minimum atomic E-state index is 0.0839. The lowest BCUT2D eigenvalue weighted by Gasteiger charge is -2.09. The highest BCUT2D eigenvalue weighted by atomic mass is 16.1. The average molecular weight is 234 g/mol. The molecule has 3 nitrogen and oxygen atoms in total. The SMILES string of the molecule is CCNCc1cccc(NC(=O)CC(C)C)c1. The number of hydrogen-bond acceptors (Lipinski definition) is 2. The van der Waals surface area contributed by atoms with Gasteiger partial charge in [-0.3, -0.25) is 4.79 Å². The number of nitrogens with one attached hydrogen (secondary N) is 2. The Morgan fingerprint density at radius 2 is 2.12 bits per heavy atom. The molecular formula is C14H22N2O. The number of amides is 1. The maximum absolute atomic E-state index is 11.6. The minimum absolute atomic E-state index is 0.0839. The Kier molecular flexibility index (Phi) is 5.70. The highest BCUT2D eigenvalue weighted by Gasteiger charge is 2.05. The first-order valence-corrected chi connectivity index (χ1v) is 6.21. The molecule has 0 aliphatic rings. The van der Waals surface area contributed by atoms with Gasteiger partial charge in [0.25, 0.3) is 0 Å². The molecule has 0 fully saturated rings. The van der Waals surface area contributed by atoms with Gasteiger partial charge in [-0.1, -0.05) is 32.9 Å². The molecular weight excluding hydrogens is 212 g/mol. The summed E-state index contributed by atoms with van der Waals surface area (Å²) in [4.78, 5) is 11.6. The van der Waals surface area contributed by atoms with E-state index in [1.165, 1.54) is 5.56 Å². The lowest BCUT2D eigenvalue weighted by Crippen LogP contribution is -2.15. The molecule has 0 spiro atoms. The topological polar surface area (TPSA) is 41.1 Å². The lowest BCUT2D eigenvalue weighted by atomic mass is 10.1. The number of carbonyl (C=O) groups excluding carboxylic acids is 1. The summed E-state index contributed by atoms with van der Waals surface area (Å²) in [7, 11) is 0. The summed E-state index contributed by atoms with van der Waals surface area (Å²) in [6.07, 6.45) is 0.567. The number of anilines is 1. The van der Waals surface area contributed by atoms with Gasteiger partial charge in [0.05, 0.1) is 0 Å². The van der Waals surface area contributed by atoms with Crippen LogP contribution in [0.3, 0.4) is 0 Å². The molecule has 0 aliphatic heterocycles. The van der Waals surface area contributed by atoms with E-state index in [1.54, 1.807) is 0 Å². The number of benzene rings is 1. The highest BCUT2D eigenvalue weighted by molar-refractivity contribution is 5.90. The van der Waals surface area contributed by atoms with Crippen LogP contribution in [-0.4, -0.2) is 12.5 Å². The predicted octanol–water partition coefficient (Wildman–Crippen LogP) is 2.78. The van der Waals surface area contributed by atoms with Crippen LogP contribution in [0, 0.1) is 5.92 Å². The number of carbonyl (C=O) groups is 1. The first kappa shape index (κ1) is 13.7. The largest absolute Gasteiger partial charge is 0.326 e. The van der Waals surface area contributed by atoms with Crippen LogP contribution in [0.1, 0.15) is 32.8 Å². The molecule has 1 amide bonds. The van der Waals surface area contributed by atoms with Crippen LogP contribution in [0.5, 0.6) is 0 Å². The van der Waals surface area contributed by atoms with E-state index in [4.69, 9.17) is 0 Å². The van der Waals surface area contributed by atoms with Gasteiger partial charge in [-0.25, -0.2) is 0 Å². The average Bonchev–Trinajstić information content (AvgIpc) is 2.25. The van der Waals surface area contributed by atoms with Crippen LogP contribution in [0.25, 0.3) is 0 Å². The summed E-state index contributed by atoms with van der Waals surface area (Å²) in [5.41, 5.74) is 2.07. The summed E-state index contributed by atoms with van der Waals surface area (Å²) < 4.78 is 0. The fraction of sp³-hybridized carbons (Fsp3) is 0.500. The minimum Gasteiger partial charge on any atom is -0.326 e.